The number of rotatable bonds is 1. The van der Waals surface area contributed by atoms with Gasteiger partial charge in [-0.2, -0.15) is 0 Å². The summed E-state index contributed by atoms with van der Waals surface area (Å²) < 4.78 is 0. The summed E-state index contributed by atoms with van der Waals surface area (Å²) >= 11 is 0. The largest absolute Gasteiger partial charge is 0.302 e. The molecule has 66 valence electrons. The average molecular weight is 155 g/mol. The summed E-state index contributed by atoms with van der Waals surface area (Å²) in [7, 11) is 2.17. The van der Waals surface area contributed by atoms with E-state index >= 15 is 0 Å². The summed E-state index contributed by atoms with van der Waals surface area (Å²) in [6.07, 6.45) is 4.88. The van der Waals surface area contributed by atoms with Crippen LogP contribution in [0, 0.1) is 0 Å². The third kappa shape index (κ3) is 4.20. The summed E-state index contributed by atoms with van der Waals surface area (Å²) in [4.78, 5) is 2.35. The molecule has 1 nitrogen and oxygen atoms in total. The van der Waals surface area contributed by atoms with Gasteiger partial charge in [-0.15, -0.1) is 0 Å². The van der Waals surface area contributed by atoms with Crippen LogP contribution < -0.4 is 0 Å². The fraction of sp³-hybridized carbons (Fsp3) is 0.800. The lowest BCUT2D eigenvalue weighted by atomic mass is 10.1. The van der Waals surface area contributed by atoms with Gasteiger partial charge < -0.3 is 4.90 Å². The maximum atomic E-state index is 2.35. The summed E-state index contributed by atoms with van der Waals surface area (Å²) in [6.45, 7) is 8.64. The van der Waals surface area contributed by atoms with Crippen LogP contribution >= 0.6 is 0 Å². The summed E-state index contributed by atoms with van der Waals surface area (Å²) in [6, 6.07) is 0. The topological polar surface area (TPSA) is 3.24 Å². The second-order valence-electron chi connectivity index (χ2n) is 2.73. The molecule has 0 atom stereocenters. The Morgan fingerprint density at radius 1 is 1.45 bits per heavy atom. The van der Waals surface area contributed by atoms with E-state index in [1.54, 1.807) is 5.57 Å². The molecular weight excluding hydrogens is 134 g/mol. The molecule has 0 N–H and O–H groups in total. The predicted molar refractivity (Wildman–Crippen MR) is 51.8 cm³/mol. The van der Waals surface area contributed by atoms with E-state index < -0.39 is 0 Å². The number of hydrogen-bond donors (Lipinski definition) is 0. The van der Waals surface area contributed by atoms with Crippen molar-refractivity contribution in [2.75, 3.05) is 20.1 Å². The minimum absolute atomic E-state index is 1.16. The monoisotopic (exact) mass is 155 g/mol. The second kappa shape index (κ2) is 6.41. The Morgan fingerprint density at radius 3 is 2.45 bits per heavy atom. The zero-order valence-corrected chi connectivity index (χ0v) is 8.35. The van der Waals surface area contributed by atoms with E-state index in [0.29, 0.717) is 0 Å². The molecule has 1 heteroatoms. The van der Waals surface area contributed by atoms with E-state index in [-0.39, 0.29) is 0 Å². The van der Waals surface area contributed by atoms with Crippen LogP contribution in [0.4, 0.5) is 0 Å². The van der Waals surface area contributed by atoms with Crippen molar-refractivity contribution >= 4 is 0 Å². The van der Waals surface area contributed by atoms with Gasteiger partial charge in [0.15, 0.2) is 0 Å². The Hall–Kier alpha value is -0.300. The van der Waals surface area contributed by atoms with Gasteiger partial charge in [-0.05, 0) is 19.9 Å². The maximum absolute atomic E-state index is 2.35. The van der Waals surface area contributed by atoms with E-state index in [0.717, 1.165) is 6.54 Å². The fourth-order valence-electron chi connectivity index (χ4n) is 1.13. The molecule has 0 unspecified atom stereocenters. The summed E-state index contributed by atoms with van der Waals surface area (Å²) in [5.41, 5.74) is 1.63. The van der Waals surface area contributed by atoms with Gasteiger partial charge in [-0.1, -0.05) is 32.4 Å². The first-order valence-electron chi connectivity index (χ1n) is 4.69. The minimum Gasteiger partial charge on any atom is -0.302 e. The van der Waals surface area contributed by atoms with Gasteiger partial charge in [0.05, 0.1) is 0 Å². The molecular formula is C10H21N. The van der Waals surface area contributed by atoms with Crippen LogP contribution in [0.5, 0.6) is 0 Å². The quantitative estimate of drug-likeness (QED) is 0.526. The van der Waals surface area contributed by atoms with Crippen LogP contribution in [0.2, 0.25) is 0 Å². The molecule has 0 saturated carbocycles. The van der Waals surface area contributed by atoms with Crippen molar-refractivity contribution in [2.45, 2.75) is 33.6 Å². The van der Waals surface area contributed by atoms with Crippen LogP contribution in [0.25, 0.3) is 0 Å². The van der Waals surface area contributed by atoms with E-state index in [1.807, 2.05) is 13.8 Å². The van der Waals surface area contributed by atoms with E-state index in [9.17, 15) is 0 Å². The third-order valence-corrected chi connectivity index (χ3v) is 1.96. The zero-order chi connectivity index (χ0) is 8.69. The maximum Gasteiger partial charge on any atom is 0.0162 e. The molecule has 0 fully saturated rings. The minimum atomic E-state index is 1.16. The average Bonchev–Trinajstić information content (AvgIpc) is 2.10. The van der Waals surface area contributed by atoms with Crippen LogP contribution in [-0.4, -0.2) is 25.0 Å². The molecule has 1 heterocycles. The molecule has 0 aromatic rings. The van der Waals surface area contributed by atoms with Crippen molar-refractivity contribution < 1.29 is 0 Å². The normalized spacial score (nSPS) is 18.4. The molecule has 0 radical (unpaired) electrons. The molecule has 1 aliphatic rings. The van der Waals surface area contributed by atoms with Crippen molar-refractivity contribution in [1.29, 1.82) is 0 Å². The summed E-state index contributed by atoms with van der Waals surface area (Å²) in [5.74, 6) is 0. The summed E-state index contributed by atoms with van der Waals surface area (Å²) in [5, 5.41) is 0. The molecule has 0 saturated heterocycles. The van der Waals surface area contributed by atoms with Crippen molar-refractivity contribution in [3.63, 3.8) is 0 Å². The van der Waals surface area contributed by atoms with Crippen LogP contribution in [0.3, 0.4) is 0 Å². The molecule has 0 amide bonds. The molecule has 1 aliphatic heterocycles. The van der Waals surface area contributed by atoms with Crippen molar-refractivity contribution in [3.05, 3.63) is 11.6 Å². The highest BCUT2D eigenvalue weighted by molar-refractivity contribution is 5.05. The Labute approximate surface area is 71.1 Å². The SMILES string of the molecule is CC.CCC1=CCN(C)CC1. The highest BCUT2D eigenvalue weighted by Gasteiger charge is 2.04. The van der Waals surface area contributed by atoms with Crippen molar-refractivity contribution in [2.24, 2.45) is 0 Å². The smallest absolute Gasteiger partial charge is 0.0162 e. The molecule has 1 rings (SSSR count). The third-order valence-electron chi connectivity index (χ3n) is 1.96. The first kappa shape index (κ1) is 10.7. The van der Waals surface area contributed by atoms with Crippen LogP contribution in [0.15, 0.2) is 11.6 Å². The lowest BCUT2D eigenvalue weighted by molar-refractivity contribution is 0.357. The highest BCUT2D eigenvalue weighted by atomic mass is 15.1. The van der Waals surface area contributed by atoms with Crippen LogP contribution in [-0.2, 0) is 0 Å². The lowest BCUT2D eigenvalue weighted by Crippen LogP contribution is -2.23. The molecule has 0 bridgehead atoms. The number of nitrogens with zero attached hydrogens (tertiary/aromatic N) is 1. The Morgan fingerprint density at radius 2 is 2.09 bits per heavy atom. The molecule has 0 aliphatic carbocycles. The zero-order valence-electron chi connectivity index (χ0n) is 8.35. The second-order valence-corrected chi connectivity index (χ2v) is 2.73. The molecule has 0 aromatic carbocycles. The predicted octanol–water partition coefficient (Wildman–Crippen LogP) is 2.68. The van der Waals surface area contributed by atoms with Gasteiger partial charge in [0.2, 0.25) is 0 Å². The Balaban J connectivity index is 0.000000461. The molecule has 11 heavy (non-hydrogen) atoms. The fourth-order valence-corrected chi connectivity index (χ4v) is 1.13. The first-order valence-corrected chi connectivity index (χ1v) is 4.69. The Bertz CT molecular complexity index is 116. The highest BCUT2D eigenvalue weighted by Crippen LogP contribution is 2.11. The number of hydrogen-bond acceptors (Lipinski definition) is 1. The van der Waals surface area contributed by atoms with E-state index in [2.05, 4.69) is 24.9 Å². The van der Waals surface area contributed by atoms with E-state index in [4.69, 9.17) is 0 Å². The number of likely N-dealkylation sites (N-methyl/N-ethyl adjacent to an activating group) is 1. The molecule has 0 aromatic heterocycles. The lowest BCUT2D eigenvalue weighted by Gasteiger charge is -2.20. The standard InChI is InChI=1S/C8H15N.C2H6/c1-3-8-4-6-9(2)7-5-8;1-2/h4H,3,5-7H2,1-2H3;1-2H3. The van der Waals surface area contributed by atoms with Crippen molar-refractivity contribution in [1.82, 2.24) is 4.90 Å². The van der Waals surface area contributed by atoms with Gasteiger partial charge in [-0.3, -0.25) is 0 Å². The van der Waals surface area contributed by atoms with Gasteiger partial charge >= 0.3 is 0 Å². The van der Waals surface area contributed by atoms with Crippen molar-refractivity contribution in [3.8, 4) is 0 Å². The van der Waals surface area contributed by atoms with Crippen LogP contribution in [0.1, 0.15) is 33.6 Å². The molecule has 0 spiro atoms. The van der Waals surface area contributed by atoms with E-state index in [1.165, 1.54) is 19.4 Å². The first-order chi connectivity index (χ1) is 5.33. The van der Waals surface area contributed by atoms with Gasteiger partial charge in [-0.25, -0.2) is 0 Å². The van der Waals surface area contributed by atoms with Gasteiger partial charge in [0.1, 0.15) is 0 Å². The van der Waals surface area contributed by atoms with Gasteiger partial charge in [0.25, 0.3) is 0 Å². The van der Waals surface area contributed by atoms with Gasteiger partial charge in [0, 0.05) is 13.1 Å². The Kier molecular flexibility index (Phi) is 6.24.